The number of para-hydroxylation sites is 1. The first-order valence-electron chi connectivity index (χ1n) is 21.4. The summed E-state index contributed by atoms with van der Waals surface area (Å²) in [5.41, 5.74) is 19.8. The van der Waals surface area contributed by atoms with E-state index in [4.69, 9.17) is 22.2 Å². The average molecular weight is 853 g/mol. The number of hydrogen-bond acceptors (Lipinski definition) is 9. The van der Waals surface area contributed by atoms with E-state index in [1.54, 1.807) is 29.2 Å². The largest absolute Gasteiger partial charge is 0.370 e. The van der Waals surface area contributed by atoms with Crippen LogP contribution >= 0.6 is 11.8 Å². The van der Waals surface area contributed by atoms with Gasteiger partial charge in [0.15, 0.2) is 11.7 Å². The van der Waals surface area contributed by atoms with Crippen molar-refractivity contribution < 1.29 is 28.8 Å². The van der Waals surface area contributed by atoms with Crippen LogP contribution in [-0.4, -0.2) is 99.2 Å². The minimum Gasteiger partial charge on any atom is -0.370 e. The van der Waals surface area contributed by atoms with Crippen LogP contribution in [0.3, 0.4) is 0 Å². The molecular formula is C44H56N10O6S. The number of benzene rings is 2. The Hall–Kier alpha value is -5.71. The second-order valence-electron chi connectivity index (χ2n) is 16.7. The van der Waals surface area contributed by atoms with Crippen LogP contribution in [0.25, 0.3) is 10.9 Å². The number of nitrogens with zero attached hydrogens (tertiary/aromatic N) is 3. The summed E-state index contributed by atoms with van der Waals surface area (Å²) in [6, 6.07) is 9.72. The van der Waals surface area contributed by atoms with Gasteiger partial charge in [-0.15, -0.1) is 11.8 Å². The van der Waals surface area contributed by atoms with Gasteiger partial charge in [0.2, 0.25) is 29.5 Å². The molecule has 17 heteroatoms. The number of Topliss-reactive ketones (excluding diaryl/α,β-unsaturated/α-hetero) is 1. The normalized spacial score (nSPS) is 25.8. The van der Waals surface area contributed by atoms with Crippen LogP contribution in [0, 0.1) is 11.8 Å². The van der Waals surface area contributed by atoms with Gasteiger partial charge in [-0.3, -0.25) is 38.8 Å². The molecule has 5 aliphatic rings. The number of fused-ring (bicyclic) bond motifs is 14. The number of primary amides is 1. The first-order chi connectivity index (χ1) is 29.4. The van der Waals surface area contributed by atoms with Crippen LogP contribution in [0.4, 0.5) is 0 Å². The third-order valence-corrected chi connectivity index (χ3v) is 13.5. The number of carbonyl (C=O) groups is 6. The van der Waals surface area contributed by atoms with Gasteiger partial charge in [0.1, 0.15) is 24.2 Å². The maximum atomic E-state index is 14.7. The molecule has 324 valence electrons. The van der Waals surface area contributed by atoms with E-state index in [-0.39, 0.29) is 55.3 Å². The zero-order valence-corrected chi connectivity index (χ0v) is 35.1. The first-order valence-corrected chi connectivity index (χ1v) is 22.4. The van der Waals surface area contributed by atoms with E-state index in [1.807, 2.05) is 30.5 Å². The average Bonchev–Trinajstić information content (AvgIpc) is 4.04. The van der Waals surface area contributed by atoms with Crippen LogP contribution in [0.1, 0.15) is 93.4 Å². The highest BCUT2D eigenvalue weighted by Crippen LogP contribution is 2.31. The molecule has 0 spiro atoms. The molecule has 10 N–H and O–H groups in total. The Kier molecular flexibility index (Phi) is 14.1. The van der Waals surface area contributed by atoms with Gasteiger partial charge < -0.3 is 43.0 Å². The lowest BCUT2D eigenvalue weighted by Crippen LogP contribution is -2.53. The molecule has 0 unspecified atom stereocenters. The molecule has 6 atom stereocenters. The van der Waals surface area contributed by atoms with Crippen molar-refractivity contribution in [2.45, 2.75) is 107 Å². The smallest absolute Gasteiger partial charge is 0.248 e. The van der Waals surface area contributed by atoms with E-state index in [0.29, 0.717) is 54.2 Å². The summed E-state index contributed by atoms with van der Waals surface area (Å²) in [5, 5.41) is 10.3. The van der Waals surface area contributed by atoms with Crippen molar-refractivity contribution in [3.8, 4) is 0 Å². The van der Waals surface area contributed by atoms with Crippen molar-refractivity contribution in [3.63, 3.8) is 0 Å². The van der Waals surface area contributed by atoms with Gasteiger partial charge in [0.25, 0.3) is 0 Å². The molecule has 2 aromatic carbocycles. The molecule has 1 saturated heterocycles. The molecule has 5 amide bonds. The Balaban J connectivity index is 1.26. The topological polar surface area (TPSA) is 260 Å². The fourth-order valence-corrected chi connectivity index (χ4v) is 10.1. The monoisotopic (exact) mass is 852 g/mol. The van der Waals surface area contributed by atoms with Gasteiger partial charge in [-0.25, -0.2) is 0 Å². The summed E-state index contributed by atoms with van der Waals surface area (Å²) in [7, 11) is 0. The predicted octanol–water partition coefficient (Wildman–Crippen LogP) is 2.49. The third kappa shape index (κ3) is 10.6. The number of amides is 5. The third-order valence-electron chi connectivity index (χ3n) is 12.4. The van der Waals surface area contributed by atoms with E-state index in [0.717, 1.165) is 48.6 Å². The molecule has 16 nitrogen and oxygen atoms in total. The Morgan fingerprint density at radius 1 is 0.852 bits per heavy atom. The maximum Gasteiger partial charge on any atom is 0.248 e. The quantitative estimate of drug-likeness (QED) is 0.0947. The summed E-state index contributed by atoms with van der Waals surface area (Å²) < 4.78 is 0. The maximum absolute atomic E-state index is 14.7. The Bertz CT molecular complexity index is 2180. The molecule has 1 aromatic heterocycles. The molecule has 0 radical (unpaired) electrons. The lowest BCUT2D eigenvalue weighted by Gasteiger charge is -2.30. The van der Waals surface area contributed by atoms with Crippen molar-refractivity contribution in [1.82, 2.24) is 25.8 Å². The fraction of sp³-hybridized carbons (Fsp3) is 0.500. The number of ketones is 1. The number of aliphatic imine (C=N–C) groups is 2. The van der Waals surface area contributed by atoms with Gasteiger partial charge >= 0.3 is 0 Å². The summed E-state index contributed by atoms with van der Waals surface area (Å²) in [6.07, 6.45) is 8.68. The first kappa shape index (κ1) is 43.4. The highest BCUT2D eigenvalue weighted by molar-refractivity contribution is 8.14. The molecule has 5 heterocycles. The summed E-state index contributed by atoms with van der Waals surface area (Å²) in [5.74, 6) is -3.43. The Morgan fingerprint density at radius 2 is 1.61 bits per heavy atom. The highest BCUT2D eigenvalue weighted by Gasteiger charge is 2.41. The van der Waals surface area contributed by atoms with Gasteiger partial charge in [-0.05, 0) is 61.6 Å². The number of nitrogens with two attached hydrogens (primary N) is 3. The lowest BCUT2D eigenvalue weighted by atomic mass is 9.82. The number of thioether (sulfide) groups is 1. The van der Waals surface area contributed by atoms with Gasteiger partial charge in [0, 0.05) is 53.8 Å². The Labute approximate surface area is 359 Å². The number of H-pyrrole nitrogens is 1. The minimum absolute atomic E-state index is 0.0989. The number of aromatic nitrogens is 1. The zero-order valence-electron chi connectivity index (χ0n) is 34.3. The van der Waals surface area contributed by atoms with Crippen LogP contribution in [-0.2, 0) is 35.2 Å². The van der Waals surface area contributed by atoms with E-state index in [1.165, 1.54) is 11.8 Å². The lowest BCUT2D eigenvalue weighted by molar-refractivity contribution is -0.140. The molecule has 3 aromatic rings. The predicted molar refractivity (Wildman–Crippen MR) is 234 cm³/mol. The summed E-state index contributed by atoms with van der Waals surface area (Å²) >= 11 is 1.42. The molecule has 4 aliphatic heterocycles. The molecule has 61 heavy (non-hydrogen) atoms. The molecular weight excluding hydrogens is 797 g/mol. The van der Waals surface area contributed by atoms with Crippen LogP contribution in [0.5, 0.6) is 0 Å². The number of aromatic amines is 1. The number of rotatable bonds is 9. The van der Waals surface area contributed by atoms with Crippen molar-refractivity contribution in [2.24, 2.45) is 39.0 Å². The molecule has 2 fully saturated rings. The van der Waals surface area contributed by atoms with E-state index < -0.39 is 53.8 Å². The van der Waals surface area contributed by atoms with Crippen LogP contribution < -0.4 is 33.2 Å². The standard InChI is InChI=1S/C44H56N10O6S/c45-38(56)37-26-14-16-27(17-15-26)42-52-34(24-61-42)43(60)54-19-7-13-35(54)41(59)51-33(20-25-8-2-1-3-9-25)36(55)22-28(21-29-23-49-31-11-5-4-10-30(29)31)39(57)50-32(40(58)53-37)12-6-18-48-44(46)47/h4-5,10-11,14-17,23,25,28,32-35,37,49H,1-3,6-9,12-13,18-22,24H2,(H2,45,56)(H,50,57)(H,51,59)(H,53,58)(H4,46,47,48)/t28-,32+,33-,34+,35+,37+/m1/s1. The van der Waals surface area contributed by atoms with Crippen molar-refractivity contribution >= 4 is 69.0 Å². The van der Waals surface area contributed by atoms with E-state index in [2.05, 4.69) is 25.9 Å². The molecule has 1 aliphatic carbocycles. The fourth-order valence-electron chi connectivity index (χ4n) is 9.10. The van der Waals surface area contributed by atoms with Crippen LogP contribution in [0.2, 0.25) is 0 Å². The van der Waals surface area contributed by atoms with Gasteiger partial charge in [-0.1, -0.05) is 74.6 Å². The van der Waals surface area contributed by atoms with Crippen molar-refractivity contribution in [3.05, 3.63) is 71.4 Å². The van der Waals surface area contributed by atoms with E-state index in [9.17, 15) is 28.8 Å². The summed E-state index contributed by atoms with van der Waals surface area (Å²) in [6.45, 7) is 0.578. The molecule has 4 bridgehead atoms. The second-order valence-corrected chi connectivity index (χ2v) is 17.7. The second kappa shape index (κ2) is 19.8. The molecule has 1 saturated carbocycles. The Morgan fingerprint density at radius 3 is 2.36 bits per heavy atom. The number of hydrogen-bond donors (Lipinski definition) is 7. The highest BCUT2D eigenvalue weighted by atomic mass is 32.2. The van der Waals surface area contributed by atoms with Gasteiger partial charge in [-0.2, -0.15) is 0 Å². The van der Waals surface area contributed by atoms with E-state index >= 15 is 0 Å². The number of nitrogens with one attached hydrogen (secondary N) is 4. The number of carbonyl (C=O) groups excluding carboxylic acids is 6. The van der Waals surface area contributed by atoms with Crippen molar-refractivity contribution in [1.29, 1.82) is 0 Å². The number of guanidine groups is 1. The van der Waals surface area contributed by atoms with Crippen molar-refractivity contribution in [2.75, 3.05) is 18.8 Å². The molecule has 8 rings (SSSR count). The van der Waals surface area contributed by atoms with Crippen LogP contribution in [0.15, 0.2) is 64.7 Å². The summed E-state index contributed by atoms with van der Waals surface area (Å²) in [4.78, 5) is 98.3. The van der Waals surface area contributed by atoms with Gasteiger partial charge in [0.05, 0.1) is 11.1 Å². The zero-order chi connectivity index (χ0) is 43.0. The SMILES string of the molecule is NC(=O)[C@H]1NC(=O)[C@H](CCCN=C(N)N)NC(=O)[C@H](Cc2c[nH]c3ccccc23)CC(=O)[C@@H](CC2CCCCC2)NC(=O)[C@@H]2CCCN2C(=O)[C@@H]2CSC(=N2)c2ccc1cc2. The minimum atomic E-state index is -1.25.